The molecule has 2 amide bonds. The van der Waals surface area contributed by atoms with E-state index in [2.05, 4.69) is 21.2 Å². The molecule has 0 spiro atoms. The Labute approximate surface area is 186 Å². The first-order valence-corrected chi connectivity index (χ1v) is 10.1. The van der Waals surface area contributed by atoms with Gasteiger partial charge in [0.1, 0.15) is 11.3 Å². The Kier molecular flexibility index (Phi) is 6.63. The molecule has 9 heteroatoms. The summed E-state index contributed by atoms with van der Waals surface area (Å²) in [5.74, 6) is -1.89. The second-order valence-electron chi connectivity index (χ2n) is 6.35. The molecule has 1 aliphatic rings. The molecule has 0 unspecified atom stereocenters. The summed E-state index contributed by atoms with van der Waals surface area (Å²) in [5.41, 5.74) is 2.15. The van der Waals surface area contributed by atoms with Crippen molar-refractivity contribution in [3.05, 3.63) is 63.6 Å². The van der Waals surface area contributed by atoms with Gasteiger partial charge in [0, 0.05) is 0 Å². The molecule has 1 aliphatic heterocycles. The zero-order chi connectivity index (χ0) is 21.8. The fourth-order valence-corrected chi connectivity index (χ4v) is 3.59. The van der Waals surface area contributed by atoms with E-state index in [1.165, 1.54) is 11.0 Å². The van der Waals surface area contributed by atoms with Crippen molar-refractivity contribution in [3.63, 3.8) is 0 Å². The van der Waals surface area contributed by atoms with E-state index in [9.17, 15) is 14.4 Å². The average Bonchev–Trinajstić information content (AvgIpc) is 2.70. The minimum atomic E-state index is -1.10. The topological polar surface area (TPSA) is 95.9 Å². The van der Waals surface area contributed by atoms with Crippen LogP contribution in [0.1, 0.15) is 18.1 Å². The van der Waals surface area contributed by atoms with E-state index in [1.54, 1.807) is 30.3 Å². The third kappa shape index (κ3) is 4.74. The van der Waals surface area contributed by atoms with Crippen molar-refractivity contribution in [1.82, 2.24) is 5.32 Å². The Balaban J connectivity index is 1.90. The van der Waals surface area contributed by atoms with E-state index >= 15 is 0 Å². The zero-order valence-electron chi connectivity index (χ0n) is 15.8. The van der Waals surface area contributed by atoms with Crippen molar-refractivity contribution in [2.45, 2.75) is 13.3 Å². The lowest BCUT2D eigenvalue weighted by molar-refractivity contribution is -0.139. The lowest BCUT2D eigenvalue weighted by Gasteiger charge is -2.29. The number of carbonyl (C=O) groups excluding carboxylic acids is 2. The highest BCUT2D eigenvalue weighted by atomic mass is 79.9. The number of halogens is 1. The maximum Gasteiger partial charge on any atom is 0.341 e. The molecule has 2 N–H and O–H groups in total. The Hall–Kier alpha value is -3.04. The SMILES string of the molecule is CCc1ccc(N2C(=O)/C(=C\c3ccc(OCC(=O)O)c(Br)c3)C(=O)NC2=S)cc1. The number of aryl methyl sites for hydroxylation is 1. The van der Waals surface area contributed by atoms with Gasteiger partial charge in [-0.3, -0.25) is 19.8 Å². The summed E-state index contributed by atoms with van der Waals surface area (Å²) in [7, 11) is 0. The van der Waals surface area contributed by atoms with Gasteiger partial charge in [-0.05, 0) is 76.0 Å². The standard InChI is InChI=1S/C21H17BrN2O5S/c1-2-12-3-6-14(7-4-12)24-20(28)15(19(27)23-21(24)30)9-13-5-8-17(16(22)10-13)29-11-18(25)26/h3-10H,2,11H2,1H3,(H,25,26)(H,23,27,30)/b15-9-. The highest BCUT2D eigenvalue weighted by Crippen LogP contribution is 2.28. The maximum atomic E-state index is 13.0. The van der Waals surface area contributed by atoms with Crippen molar-refractivity contribution >= 4 is 62.8 Å². The van der Waals surface area contributed by atoms with Crippen LogP contribution in [0.15, 0.2) is 52.5 Å². The van der Waals surface area contributed by atoms with Gasteiger partial charge in [0.15, 0.2) is 11.7 Å². The van der Waals surface area contributed by atoms with E-state index in [4.69, 9.17) is 22.1 Å². The van der Waals surface area contributed by atoms with Gasteiger partial charge in [0.2, 0.25) is 0 Å². The molecule has 2 aromatic carbocycles. The zero-order valence-corrected chi connectivity index (χ0v) is 18.2. The van der Waals surface area contributed by atoms with Crippen LogP contribution in [0.2, 0.25) is 0 Å². The second-order valence-corrected chi connectivity index (χ2v) is 7.59. The summed E-state index contributed by atoms with van der Waals surface area (Å²) in [4.78, 5) is 37.4. The van der Waals surface area contributed by atoms with Gasteiger partial charge in [-0.15, -0.1) is 0 Å². The molecule has 2 aromatic rings. The largest absolute Gasteiger partial charge is 0.481 e. The molecule has 1 heterocycles. The van der Waals surface area contributed by atoms with Crippen LogP contribution in [0, 0.1) is 0 Å². The number of carboxylic acid groups (broad SMARTS) is 1. The van der Waals surface area contributed by atoms with Crippen molar-refractivity contribution < 1.29 is 24.2 Å². The van der Waals surface area contributed by atoms with Gasteiger partial charge >= 0.3 is 5.97 Å². The van der Waals surface area contributed by atoms with Gasteiger partial charge in [-0.25, -0.2) is 4.79 Å². The molecule has 1 fully saturated rings. The minimum Gasteiger partial charge on any atom is -0.481 e. The molecule has 0 atom stereocenters. The smallest absolute Gasteiger partial charge is 0.341 e. The van der Waals surface area contributed by atoms with Crippen LogP contribution in [0.3, 0.4) is 0 Å². The molecule has 3 rings (SSSR count). The number of carboxylic acids is 1. The number of carbonyl (C=O) groups is 3. The predicted molar refractivity (Wildman–Crippen MR) is 119 cm³/mol. The third-order valence-electron chi connectivity index (χ3n) is 4.32. The summed E-state index contributed by atoms with van der Waals surface area (Å²) >= 11 is 8.50. The number of hydrogen-bond acceptors (Lipinski definition) is 5. The van der Waals surface area contributed by atoms with Crippen LogP contribution in [0.5, 0.6) is 5.75 Å². The summed E-state index contributed by atoms with van der Waals surface area (Å²) in [6.07, 6.45) is 2.31. The van der Waals surface area contributed by atoms with E-state index < -0.39 is 24.4 Å². The molecule has 154 valence electrons. The number of aliphatic carboxylic acids is 1. The van der Waals surface area contributed by atoms with Crippen molar-refractivity contribution in [3.8, 4) is 5.75 Å². The second kappa shape index (κ2) is 9.19. The Morgan fingerprint density at radius 3 is 2.53 bits per heavy atom. The molecule has 0 aliphatic carbocycles. The average molecular weight is 489 g/mol. The number of nitrogens with zero attached hydrogens (tertiary/aromatic N) is 1. The van der Waals surface area contributed by atoms with E-state index in [0.717, 1.165) is 12.0 Å². The van der Waals surface area contributed by atoms with Crippen LogP contribution in [0.25, 0.3) is 6.08 Å². The first-order chi connectivity index (χ1) is 14.3. The summed E-state index contributed by atoms with van der Waals surface area (Å²) in [5, 5.41) is 11.3. The van der Waals surface area contributed by atoms with Gasteiger partial charge < -0.3 is 9.84 Å². The molecule has 7 nitrogen and oxygen atoms in total. The lowest BCUT2D eigenvalue weighted by Crippen LogP contribution is -2.54. The number of ether oxygens (including phenoxy) is 1. The molecule has 1 saturated heterocycles. The van der Waals surface area contributed by atoms with Crippen molar-refractivity contribution in [1.29, 1.82) is 0 Å². The molecule has 0 aromatic heterocycles. The molecular formula is C21H17BrN2O5S. The number of thiocarbonyl (C=S) groups is 1. The predicted octanol–water partition coefficient (Wildman–Crippen LogP) is 3.31. The fourth-order valence-electron chi connectivity index (χ4n) is 2.80. The molecule has 30 heavy (non-hydrogen) atoms. The Morgan fingerprint density at radius 2 is 1.93 bits per heavy atom. The summed E-state index contributed by atoms with van der Waals surface area (Å²) in [6.45, 7) is 1.55. The van der Waals surface area contributed by atoms with Crippen molar-refractivity contribution in [2.24, 2.45) is 0 Å². The van der Waals surface area contributed by atoms with Gasteiger partial charge in [0.25, 0.3) is 11.8 Å². The molecular weight excluding hydrogens is 472 g/mol. The third-order valence-corrected chi connectivity index (χ3v) is 5.23. The molecule has 0 radical (unpaired) electrons. The maximum absolute atomic E-state index is 13.0. The monoisotopic (exact) mass is 488 g/mol. The summed E-state index contributed by atoms with van der Waals surface area (Å²) in [6, 6.07) is 12.2. The highest BCUT2D eigenvalue weighted by molar-refractivity contribution is 9.10. The van der Waals surface area contributed by atoms with Crippen LogP contribution >= 0.6 is 28.1 Å². The number of amides is 2. The summed E-state index contributed by atoms with van der Waals surface area (Å²) < 4.78 is 5.64. The number of nitrogens with one attached hydrogen (secondary N) is 1. The van der Waals surface area contributed by atoms with E-state index in [-0.39, 0.29) is 10.7 Å². The van der Waals surface area contributed by atoms with Crippen LogP contribution < -0.4 is 15.0 Å². The molecule has 0 saturated carbocycles. The number of anilines is 1. The van der Waals surface area contributed by atoms with Crippen LogP contribution in [-0.2, 0) is 20.8 Å². The Morgan fingerprint density at radius 1 is 1.23 bits per heavy atom. The van der Waals surface area contributed by atoms with Crippen LogP contribution in [0.4, 0.5) is 5.69 Å². The quantitative estimate of drug-likeness (QED) is 0.367. The Bertz CT molecular complexity index is 1070. The highest BCUT2D eigenvalue weighted by Gasteiger charge is 2.34. The van der Waals surface area contributed by atoms with Gasteiger partial charge in [0.05, 0.1) is 10.2 Å². The van der Waals surface area contributed by atoms with Gasteiger partial charge in [-0.2, -0.15) is 0 Å². The number of rotatable bonds is 6. The normalized spacial score (nSPS) is 15.3. The van der Waals surface area contributed by atoms with Gasteiger partial charge in [-0.1, -0.05) is 25.1 Å². The number of hydrogen-bond donors (Lipinski definition) is 2. The first kappa shape index (κ1) is 21.7. The first-order valence-electron chi connectivity index (χ1n) is 8.94. The molecule has 0 bridgehead atoms. The van der Waals surface area contributed by atoms with Crippen LogP contribution in [-0.4, -0.2) is 34.6 Å². The fraction of sp³-hybridized carbons (Fsp3) is 0.143. The lowest BCUT2D eigenvalue weighted by atomic mass is 10.1. The minimum absolute atomic E-state index is 0.0185. The number of benzene rings is 2. The van der Waals surface area contributed by atoms with E-state index in [0.29, 0.717) is 21.5 Å². The van der Waals surface area contributed by atoms with E-state index in [1.807, 2.05) is 19.1 Å². The van der Waals surface area contributed by atoms with Crippen molar-refractivity contribution in [2.75, 3.05) is 11.5 Å².